The molecule has 1 aliphatic rings. The first-order chi connectivity index (χ1) is 9.09. The topological polar surface area (TPSA) is 35.5 Å². The van der Waals surface area contributed by atoms with Gasteiger partial charge in [-0.3, -0.25) is 4.90 Å². The van der Waals surface area contributed by atoms with Crippen molar-refractivity contribution in [3.8, 4) is 5.75 Å². The number of hydrogen-bond acceptors (Lipinski definition) is 3. The Kier molecular flexibility index (Phi) is 4.48. The molecule has 2 N–H and O–H groups in total. The highest BCUT2D eigenvalue weighted by atomic mass is 16.3. The maximum Gasteiger partial charge on any atom is 0.115 e. The summed E-state index contributed by atoms with van der Waals surface area (Å²) >= 11 is 0. The Labute approximate surface area is 116 Å². The number of phenols is 1. The molecule has 1 unspecified atom stereocenters. The van der Waals surface area contributed by atoms with E-state index in [0.29, 0.717) is 11.8 Å². The molecule has 1 aromatic rings. The predicted octanol–water partition coefficient (Wildman–Crippen LogP) is 2.74. The largest absolute Gasteiger partial charge is 0.508 e. The lowest BCUT2D eigenvalue weighted by Crippen LogP contribution is -2.63. The molecule has 0 saturated carbocycles. The number of nitrogens with one attached hydrogen (secondary N) is 1. The highest BCUT2D eigenvalue weighted by molar-refractivity contribution is 5.26. The maximum absolute atomic E-state index is 9.38. The molecule has 106 valence electrons. The van der Waals surface area contributed by atoms with Gasteiger partial charge >= 0.3 is 0 Å². The van der Waals surface area contributed by atoms with Crippen LogP contribution in [-0.2, 0) is 6.54 Å². The molecule has 2 rings (SSSR count). The highest BCUT2D eigenvalue weighted by Crippen LogP contribution is 2.28. The minimum absolute atomic E-state index is 0.268. The fraction of sp³-hybridized carbons (Fsp3) is 0.625. The summed E-state index contributed by atoms with van der Waals surface area (Å²) in [5.74, 6) is 0.342. The first kappa shape index (κ1) is 14.4. The molecule has 0 radical (unpaired) electrons. The van der Waals surface area contributed by atoms with Gasteiger partial charge in [-0.15, -0.1) is 0 Å². The van der Waals surface area contributed by atoms with Gasteiger partial charge in [-0.05, 0) is 37.5 Å². The summed E-state index contributed by atoms with van der Waals surface area (Å²) in [5, 5.41) is 13.0. The summed E-state index contributed by atoms with van der Waals surface area (Å²) in [7, 11) is 0. The lowest BCUT2D eigenvalue weighted by molar-refractivity contribution is 0.0278. The quantitative estimate of drug-likeness (QED) is 0.876. The Morgan fingerprint density at radius 2 is 1.89 bits per heavy atom. The number of rotatable bonds is 4. The third-order valence-electron chi connectivity index (χ3n) is 4.57. The summed E-state index contributed by atoms with van der Waals surface area (Å²) in [6.07, 6.45) is 2.34. The standard InChI is InChI=1S/C16H26N2O/c1-4-16(5-2)12-17-13(3)10-18(16)11-14-6-8-15(19)9-7-14/h6-9,13,17,19H,4-5,10-12H2,1-3H3. The van der Waals surface area contributed by atoms with Crippen LogP contribution in [-0.4, -0.2) is 34.7 Å². The van der Waals surface area contributed by atoms with Crippen molar-refractivity contribution in [1.82, 2.24) is 10.2 Å². The number of hydrogen-bond donors (Lipinski definition) is 2. The van der Waals surface area contributed by atoms with Gasteiger partial charge in [0.15, 0.2) is 0 Å². The molecule has 1 fully saturated rings. The molecule has 0 amide bonds. The maximum atomic E-state index is 9.38. The third kappa shape index (κ3) is 3.10. The van der Waals surface area contributed by atoms with Crippen molar-refractivity contribution in [2.45, 2.75) is 51.7 Å². The van der Waals surface area contributed by atoms with E-state index in [9.17, 15) is 5.11 Å². The molecule has 0 spiro atoms. The zero-order chi connectivity index (χ0) is 13.9. The summed E-state index contributed by atoms with van der Waals surface area (Å²) < 4.78 is 0. The van der Waals surface area contributed by atoms with E-state index in [0.717, 1.165) is 19.6 Å². The van der Waals surface area contributed by atoms with Crippen molar-refractivity contribution in [3.63, 3.8) is 0 Å². The molecule has 3 nitrogen and oxygen atoms in total. The average molecular weight is 262 g/mol. The second-order valence-electron chi connectivity index (χ2n) is 5.76. The van der Waals surface area contributed by atoms with E-state index in [1.165, 1.54) is 18.4 Å². The molecule has 3 heteroatoms. The van der Waals surface area contributed by atoms with Crippen LogP contribution in [0.1, 0.15) is 39.2 Å². The van der Waals surface area contributed by atoms with E-state index >= 15 is 0 Å². The van der Waals surface area contributed by atoms with Gasteiger partial charge in [-0.1, -0.05) is 26.0 Å². The van der Waals surface area contributed by atoms with E-state index in [4.69, 9.17) is 0 Å². The van der Waals surface area contributed by atoms with Crippen molar-refractivity contribution >= 4 is 0 Å². The summed E-state index contributed by atoms with van der Waals surface area (Å²) in [4.78, 5) is 2.61. The molecule has 0 bridgehead atoms. The van der Waals surface area contributed by atoms with Crippen LogP contribution in [0.4, 0.5) is 0 Å². The van der Waals surface area contributed by atoms with Crippen molar-refractivity contribution in [3.05, 3.63) is 29.8 Å². The van der Waals surface area contributed by atoms with Crippen LogP contribution in [0.2, 0.25) is 0 Å². The van der Waals surface area contributed by atoms with Crippen LogP contribution in [0, 0.1) is 0 Å². The van der Waals surface area contributed by atoms with E-state index in [2.05, 4.69) is 31.0 Å². The number of benzene rings is 1. The van der Waals surface area contributed by atoms with Crippen LogP contribution >= 0.6 is 0 Å². The molecule has 1 heterocycles. The third-order valence-corrected chi connectivity index (χ3v) is 4.57. The number of piperazine rings is 1. The van der Waals surface area contributed by atoms with Gasteiger partial charge in [0.05, 0.1) is 0 Å². The lowest BCUT2D eigenvalue weighted by atomic mass is 9.87. The highest BCUT2D eigenvalue weighted by Gasteiger charge is 2.37. The van der Waals surface area contributed by atoms with E-state index in [-0.39, 0.29) is 5.54 Å². The van der Waals surface area contributed by atoms with Gasteiger partial charge in [0.25, 0.3) is 0 Å². The van der Waals surface area contributed by atoms with Crippen LogP contribution in [0.15, 0.2) is 24.3 Å². The normalized spacial score (nSPS) is 23.4. The fourth-order valence-corrected chi connectivity index (χ4v) is 3.07. The van der Waals surface area contributed by atoms with Crippen LogP contribution in [0.25, 0.3) is 0 Å². The molecule has 1 atom stereocenters. The van der Waals surface area contributed by atoms with Crippen molar-refractivity contribution in [1.29, 1.82) is 0 Å². The minimum Gasteiger partial charge on any atom is -0.508 e. The van der Waals surface area contributed by atoms with Crippen LogP contribution in [0.3, 0.4) is 0 Å². The first-order valence-corrected chi connectivity index (χ1v) is 7.36. The lowest BCUT2D eigenvalue weighted by Gasteiger charge is -2.49. The summed E-state index contributed by atoms with van der Waals surface area (Å²) in [6.45, 7) is 9.94. The Balaban J connectivity index is 2.16. The Bertz CT molecular complexity index is 398. The molecule has 1 saturated heterocycles. The molecule has 1 aromatic carbocycles. The first-order valence-electron chi connectivity index (χ1n) is 7.36. The van der Waals surface area contributed by atoms with Gasteiger partial charge in [-0.2, -0.15) is 0 Å². The van der Waals surface area contributed by atoms with Crippen LogP contribution < -0.4 is 5.32 Å². The van der Waals surface area contributed by atoms with Gasteiger partial charge < -0.3 is 10.4 Å². The number of aromatic hydroxyl groups is 1. The SMILES string of the molecule is CCC1(CC)CNC(C)CN1Cc1ccc(O)cc1. The molecular weight excluding hydrogens is 236 g/mol. The van der Waals surface area contributed by atoms with E-state index in [1.807, 2.05) is 12.1 Å². The Hall–Kier alpha value is -1.06. The smallest absolute Gasteiger partial charge is 0.115 e. The van der Waals surface area contributed by atoms with Crippen molar-refractivity contribution in [2.75, 3.05) is 13.1 Å². The fourth-order valence-electron chi connectivity index (χ4n) is 3.07. The van der Waals surface area contributed by atoms with Crippen molar-refractivity contribution < 1.29 is 5.11 Å². The van der Waals surface area contributed by atoms with Crippen LogP contribution in [0.5, 0.6) is 5.75 Å². The van der Waals surface area contributed by atoms with E-state index < -0.39 is 0 Å². The van der Waals surface area contributed by atoms with Gasteiger partial charge in [0.1, 0.15) is 5.75 Å². The Morgan fingerprint density at radius 3 is 2.47 bits per heavy atom. The molecule has 1 aliphatic heterocycles. The van der Waals surface area contributed by atoms with Gasteiger partial charge in [-0.25, -0.2) is 0 Å². The molecule has 0 aromatic heterocycles. The molecule has 19 heavy (non-hydrogen) atoms. The average Bonchev–Trinajstić information content (AvgIpc) is 2.42. The second-order valence-corrected chi connectivity index (χ2v) is 5.76. The zero-order valence-corrected chi connectivity index (χ0v) is 12.3. The summed E-state index contributed by atoms with van der Waals surface area (Å²) in [5.41, 5.74) is 1.54. The molecule has 0 aliphatic carbocycles. The number of phenolic OH excluding ortho intramolecular Hbond substituents is 1. The Morgan fingerprint density at radius 1 is 1.26 bits per heavy atom. The minimum atomic E-state index is 0.268. The van der Waals surface area contributed by atoms with Gasteiger partial charge in [0, 0.05) is 31.2 Å². The van der Waals surface area contributed by atoms with Crippen molar-refractivity contribution in [2.24, 2.45) is 0 Å². The zero-order valence-electron chi connectivity index (χ0n) is 12.3. The monoisotopic (exact) mass is 262 g/mol. The summed E-state index contributed by atoms with van der Waals surface area (Å²) in [6, 6.07) is 8.15. The molecular formula is C16H26N2O. The number of nitrogens with zero attached hydrogens (tertiary/aromatic N) is 1. The van der Waals surface area contributed by atoms with E-state index in [1.54, 1.807) is 12.1 Å². The predicted molar refractivity (Wildman–Crippen MR) is 79.3 cm³/mol. The van der Waals surface area contributed by atoms with Gasteiger partial charge in [0.2, 0.25) is 0 Å². The second kappa shape index (κ2) is 5.93.